The predicted molar refractivity (Wildman–Crippen MR) is 135 cm³/mol. The van der Waals surface area contributed by atoms with Crippen molar-refractivity contribution in [3.8, 4) is 0 Å². The number of nitrogens with zero attached hydrogens (tertiary/aromatic N) is 3. The quantitative estimate of drug-likeness (QED) is 0.624. The number of hydrogen-bond acceptors (Lipinski definition) is 5. The van der Waals surface area contributed by atoms with Crippen molar-refractivity contribution >= 4 is 15.9 Å². The van der Waals surface area contributed by atoms with Crippen LogP contribution in [-0.4, -0.2) is 74.0 Å². The number of piperazine rings is 1. The Labute approximate surface area is 203 Å². The fourth-order valence-corrected chi connectivity index (χ4v) is 5.54. The molecule has 0 aromatic heterocycles. The number of nitrogens with one attached hydrogen (secondary N) is 1. The Morgan fingerprint density at radius 2 is 1.41 bits per heavy atom. The highest BCUT2D eigenvalue weighted by molar-refractivity contribution is 7.88. The van der Waals surface area contributed by atoms with Crippen molar-refractivity contribution in [1.82, 2.24) is 19.4 Å². The molecule has 2 aromatic carbocycles. The Kier molecular flexibility index (Phi) is 8.37. The molecule has 0 atom stereocenters. The largest absolute Gasteiger partial charge is 0.348 e. The van der Waals surface area contributed by atoms with Gasteiger partial charge in [0.15, 0.2) is 0 Å². The highest BCUT2D eigenvalue weighted by Crippen LogP contribution is 2.15. The van der Waals surface area contributed by atoms with Crippen LogP contribution in [0.4, 0.5) is 0 Å². The van der Waals surface area contributed by atoms with Crippen LogP contribution < -0.4 is 5.32 Å². The van der Waals surface area contributed by atoms with Crippen LogP contribution in [0.3, 0.4) is 0 Å². The van der Waals surface area contributed by atoms with E-state index in [2.05, 4.69) is 39.4 Å². The van der Waals surface area contributed by atoms with Crippen molar-refractivity contribution in [3.05, 3.63) is 70.8 Å². The molecule has 2 fully saturated rings. The van der Waals surface area contributed by atoms with Crippen molar-refractivity contribution in [2.45, 2.75) is 38.9 Å². The lowest BCUT2D eigenvalue weighted by atomic mass is 10.1. The molecule has 0 saturated carbocycles. The topological polar surface area (TPSA) is 73.0 Å². The van der Waals surface area contributed by atoms with Gasteiger partial charge in [-0.3, -0.25) is 14.6 Å². The second kappa shape index (κ2) is 11.4. The molecule has 2 aromatic rings. The second-order valence-corrected chi connectivity index (χ2v) is 11.5. The zero-order valence-electron chi connectivity index (χ0n) is 20.1. The second-order valence-electron chi connectivity index (χ2n) is 9.47. The summed E-state index contributed by atoms with van der Waals surface area (Å²) in [5, 5.41) is 3.03. The number of sulfonamides is 1. The third-order valence-electron chi connectivity index (χ3n) is 6.73. The van der Waals surface area contributed by atoms with Crippen LogP contribution in [0.5, 0.6) is 0 Å². The highest BCUT2D eigenvalue weighted by Gasteiger charge is 2.23. The van der Waals surface area contributed by atoms with E-state index in [1.165, 1.54) is 48.5 Å². The standard InChI is InChI=1S/C26H36N4O3S/c1-34(32,33)30-16-14-29(15-17-30)21-24-6-5-7-25(18-24)26(31)27-19-22-8-10-23(11-9-22)20-28-12-3-2-4-13-28/h5-11,18H,2-4,12-17,19-21H2,1H3,(H,27,31). The monoisotopic (exact) mass is 484 g/mol. The molecule has 0 spiro atoms. The Hall–Kier alpha value is -2.26. The summed E-state index contributed by atoms with van der Waals surface area (Å²) < 4.78 is 24.9. The van der Waals surface area contributed by atoms with Gasteiger partial charge in [-0.15, -0.1) is 0 Å². The van der Waals surface area contributed by atoms with Gasteiger partial charge in [0.2, 0.25) is 10.0 Å². The van der Waals surface area contributed by atoms with Gasteiger partial charge in [0, 0.05) is 51.4 Å². The normalized spacial score (nSPS) is 18.6. The molecule has 1 N–H and O–H groups in total. The third-order valence-corrected chi connectivity index (χ3v) is 8.03. The van der Waals surface area contributed by atoms with Crippen molar-refractivity contribution in [3.63, 3.8) is 0 Å². The maximum atomic E-state index is 12.7. The highest BCUT2D eigenvalue weighted by atomic mass is 32.2. The molecule has 2 aliphatic heterocycles. The summed E-state index contributed by atoms with van der Waals surface area (Å²) in [6.07, 6.45) is 5.20. The Morgan fingerprint density at radius 3 is 2.09 bits per heavy atom. The van der Waals surface area contributed by atoms with Crippen molar-refractivity contribution in [2.75, 3.05) is 45.5 Å². The average molecular weight is 485 g/mol. The lowest BCUT2D eigenvalue weighted by Crippen LogP contribution is -2.47. The number of carbonyl (C=O) groups excluding carboxylic acids is 1. The predicted octanol–water partition coefficient (Wildman–Crippen LogP) is 2.68. The number of benzene rings is 2. The molecule has 0 aliphatic carbocycles. The molecule has 0 radical (unpaired) electrons. The summed E-state index contributed by atoms with van der Waals surface area (Å²) in [7, 11) is -3.13. The number of amides is 1. The van der Waals surface area contributed by atoms with E-state index in [9.17, 15) is 13.2 Å². The molecule has 0 bridgehead atoms. The van der Waals surface area contributed by atoms with Crippen LogP contribution >= 0.6 is 0 Å². The molecule has 7 nitrogen and oxygen atoms in total. The number of likely N-dealkylation sites (tertiary alicyclic amines) is 1. The number of piperidine rings is 1. The SMILES string of the molecule is CS(=O)(=O)N1CCN(Cc2cccc(C(=O)NCc3ccc(CN4CCCCC4)cc3)c2)CC1. The van der Waals surface area contributed by atoms with E-state index in [1.807, 2.05) is 24.3 Å². The summed E-state index contributed by atoms with van der Waals surface area (Å²) in [4.78, 5) is 17.5. The summed E-state index contributed by atoms with van der Waals surface area (Å²) >= 11 is 0. The van der Waals surface area contributed by atoms with E-state index in [1.54, 1.807) is 0 Å². The van der Waals surface area contributed by atoms with Crippen LogP contribution in [0.1, 0.15) is 46.3 Å². The molecular weight excluding hydrogens is 448 g/mol. The first-order valence-electron chi connectivity index (χ1n) is 12.2. The first kappa shape index (κ1) is 24.9. The van der Waals surface area contributed by atoms with Gasteiger partial charge in [-0.1, -0.05) is 42.8 Å². The third kappa shape index (κ3) is 7.12. The molecule has 2 saturated heterocycles. The van der Waals surface area contributed by atoms with Crippen LogP contribution in [0.25, 0.3) is 0 Å². The van der Waals surface area contributed by atoms with Gasteiger partial charge in [0.25, 0.3) is 5.91 Å². The fraction of sp³-hybridized carbons (Fsp3) is 0.500. The van der Waals surface area contributed by atoms with Gasteiger partial charge in [-0.25, -0.2) is 8.42 Å². The zero-order valence-corrected chi connectivity index (χ0v) is 20.9. The summed E-state index contributed by atoms with van der Waals surface area (Å²) in [5.41, 5.74) is 4.12. The molecule has 2 aliphatic rings. The summed E-state index contributed by atoms with van der Waals surface area (Å²) in [5.74, 6) is -0.0823. The minimum atomic E-state index is -3.13. The van der Waals surface area contributed by atoms with Gasteiger partial charge in [-0.2, -0.15) is 4.31 Å². The molecule has 0 unspecified atom stereocenters. The molecule has 34 heavy (non-hydrogen) atoms. The van der Waals surface area contributed by atoms with E-state index < -0.39 is 10.0 Å². The van der Waals surface area contributed by atoms with Crippen LogP contribution in [0.2, 0.25) is 0 Å². The van der Waals surface area contributed by atoms with Gasteiger partial charge >= 0.3 is 0 Å². The Balaban J connectivity index is 1.25. The van der Waals surface area contributed by atoms with Crippen LogP contribution in [0, 0.1) is 0 Å². The molecular formula is C26H36N4O3S. The van der Waals surface area contributed by atoms with E-state index in [0.29, 0.717) is 44.8 Å². The molecule has 2 heterocycles. The molecule has 1 amide bonds. The summed E-state index contributed by atoms with van der Waals surface area (Å²) in [6.45, 7) is 6.99. The lowest BCUT2D eigenvalue weighted by molar-refractivity contribution is 0.0950. The van der Waals surface area contributed by atoms with Gasteiger partial charge < -0.3 is 5.32 Å². The first-order chi connectivity index (χ1) is 16.4. The number of hydrogen-bond donors (Lipinski definition) is 1. The average Bonchev–Trinajstić information content (AvgIpc) is 2.84. The minimum Gasteiger partial charge on any atom is -0.348 e. The van der Waals surface area contributed by atoms with Crippen molar-refractivity contribution in [2.24, 2.45) is 0 Å². The van der Waals surface area contributed by atoms with E-state index in [-0.39, 0.29) is 5.91 Å². The Bertz CT molecular complexity index is 1060. The maximum Gasteiger partial charge on any atom is 0.251 e. The summed E-state index contributed by atoms with van der Waals surface area (Å²) in [6, 6.07) is 16.2. The van der Waals surface area contributed by atoms with E-state index >= 15 is 0 Å². The minimum absolute atomic E-state index is 0.0823. The van der Waals surface area contributed by atoms with Crippen molar-refractivity contribution < 1.29 is 13.2 Å². The van der Waals surface area contributed by atoms with Gasteiger partial charge in [0.1, 0.15) is 0 Å². The number of carbonyl (C=O) groups is 1. The van der Waals surface area contributed by atoms with E-state index in [0.717, 1.165) is 17.7 Å². The lowest BCUT2D eigenvalue weighted by Gasteiger charge is -2.33. The van der Waals surface area contributed by atoms with Gasteiger partial charge in [-0.05, 0) is 54.8 Å². The van der Waals surface area contributed by atoms with Gasteiger partial charge in [0.05, 0.1) is 6.26 Å². The van der Waals surface area contributed by atoms with Crippen molar-refractivity contribution in [1.29, 1.82) is 0 Å². The number of rotatable bonds is 8. The molecule has 4 rings (SSSR count). The Morgan fingerprint density at radius 1 is 0.794 bits per heavy atom. The van der Waals surface area contributed by atoms with Crippen LogP contribution in [0.15, 0.2) is 48.5 Å². The smallest absolute Gasteiger partial charge is 0.251 e. The van der Waals surface area contributed by atoms with Crippen LogP contribution in [-0.2, 0) is 29.7 Å². The molecule has 8 heteroatoms. The zero-order chi connectivity index (χ0) is 24.0. The maximum absolute atomic E-state index is 12.7. The first-order valence-corrected chi connectivity index (χ1v) is 14.1. The van der Waals surface area contributed by atoms with E-state index in [4.69, 9.17) is 0 Å². The fourth-order valence-electron chi connectivity index (χ4n) is 4.71. The molecule has 184 valence electrons.